The monoisotopic (exact) mass is 590 g/mol. The Labute approximate surface area is 236 Å². The number of amides is 2. The summed E-state index contributed by atoms with van der Waals surface area (Å²) in [4.78, 5) is 23.1. The van der Waals surface area contributed by atoms with Crippen LogP contribution in [0.5, 0.6) is 0 Å². The van der Waals surface area contributed by atoms with Gasteiger partial charge in [0.25, 0.3) is 5.91 Å². The Bertz CT molecular complexity index is 944. The lowest BCUT2D eigenvalue weighted by atomic mass is 9.95. The Morgan fingerprint density at radius 2 is 1.68 bits per heavy atom. The van der Waals surface area contributed by atoms with Crippen LogP contribution in [0.1, 0.15) is 18.9 Å². The first-order chi connectivity index (χ1) is 19.7. The molecule has 0 aliphatic carbocycles. The van der Waals surface area contributed by atoms with Gasteiger partial charge in [-0.15, -0.1) is 0 Å². The smallest absolute Gasteiger partial charge is 0.251 e. The molecule has 2 aliphatic heterocycles. The Morgan fingerprint density at radius 1 is 0.976 bits per heavy atom. The topological polar surface area (TPSA) is 206 Å². The predicted molar refractivity (Wildman–Crippen MR) is 137 cm³/mol. The number of aliphatic hydroxyl groups excluding tert-OH is 5. The molecule has 2 heterocycles. The van der Waals surface area contributed by atoms with Crippen molar-refractivity contribution < 1.29 is 63.2 Å². The molecule has 1 aromatic carbocycles. The predicted octanol–water partition coefficient (Wildman–Crippen LogP) is -2.53. The first-order valence-corrected chi connectivity index (χ1v) is 13.3. The molecule has 0 saturated carbocycles. The van der Waals surface area contributed by atoms with Crippen molar-refractivity contribution in [1.29, 1.82) is 0 Å². The van der Waals surface area contributed by atoms with Crippen LogP contribution in [0.25, 0.3) is 0 Å². The van der Waals surface area contributed by atoms with E-state index in [-0.39, 0.29) is 32.8 Å². The molecule has 2 saturated heterocycles. The van der Waals surface area contributed by atoms with Crippen molar-refractivity contribution >= 4 is 11.8 Å². The van der Waals surface area contributed by atoms with E-state index in [1.165, 1.54) is 6.92 Å². The lowest BCUT2D eigenvalue weighted by molar-refractivity contribution is -0.349. The van der Waals surface area contributed by atoms with Crippen LogP contribution in [0.2, 0.25) is 0 Å². The lowest BCUT2D eigenvalue weighted by Crippen LogP contribution is -2.67. The van der Waals surface area contributed by atoms with Crippen LogP contribution in [0.3, 0.4) is 0 Å². The zero-order valence-corrected chi connectivity index (χ0v) is 22.6. The number of nitrogens with one attached hydrogen (secondary N) is 2. The Hall–Kier alpha value is -2.31. The van der Waals surface area contributed by atoms with E-state index in [1.807, 2.05) is 30.3 Å². The molecule has 41 heavy (non-hydrogen) atoms. The van der Waals surface area contributed by atoms with Gasteiger partial charge in [0.1, 0.15) is 48.8 Å². The second kappa shape index (κ2) is 16.4. The van der Waals surface area contributed by atoms with Gasteiger partial charge < -0.3 is 59.9 Å². The summed E-state index contributed by atoms with van der Waals surface area (Å²) < 4.78 is 41.3. The standard InChI is InChI=1S/C26H39FN2O12/c1-14(31)29-19-21(34)24(41-26-23(36)22(35)20(33)16(11-30)39-26)17(13-37-12-15-6-3-2-4-7-15)40-25(19)38-9-5-8-28-18(32)10-27/h2-4,6-7,16-17,19-26,30,33-36H,5,8-13H2,1H3,(H,28,32)(H,29,31)/t16-,17-,19-,20+,21-,22+,23-,24-,25-,26-/m1/s1. The van der Waals surface area contributed by atoms with E-state index >= 15 is 0 Å². The van der Waals surface area contributed by atoms with E-state index in [0.29, 0.717) is 0 Å². The molecule has 0 spiro atoms. The summed E-state index contributed by atoms with van der Waals surface area (Å²) in [5, 5.41) is 56.6. The fraction of sp³-hybridized carbons (Fsp3) is 0.692. The van der Waals surface area contributed by atoms with Gasteiger partial charge in [0, 0.05) is 13.5 Å². The van der Waals surface area contributed by atoms with Crippen molar-refractivity contribution in [2.45, 2.75) is 81.3 Å². The minimum atomic E-state index is -1.75. The summed E-state index contributed by atoms with van der Waals surface area (Å²) in [6.45, 7) is -0.450. The molecule has 7 N–H and O–H groups in total. The largest absolute Gasteiger partial charge is 0.394 e. The van der Waals surface area contributed by atoms with Crippen LogP contribution in [0, 0.1) is 0 Å². The van der Waals surface area contributed by atoms with Gasteiger partial charge in [-0.25, -0.2) is 4.39 Å². The van der Waals surface area contributed by atoms with E-state index in [9.17, 15) is 39.5 Å². The van der Waals surface area contributed by atoms with E-state index < -0.39 is 86.4 Å². The average Bonchev–Trinajstić information content (AvgIpc) is 2.96. The summed E-state index contributed by atoms with van der Waals surface area (Å²) in [6.07, 6.45) is -12.8. The van der Waals surface area contributed by atoms with Crippen LogP contribution in [-0.2, 0) is 39.9 Å². The summed E-state index contributed by atoms with van der Waals surface area (Å²) in [6, 6.07) is 8.04. The number of ether oxygens (including phenoxy) is 5. The molecule has 0 aromatic heterocycles. The number of alkyl halides is 1. The molecule has 232 valence electrons. The second-order valence-electron chi connectivity index (χ2n) is 9.77. The normalized spacial score (nSPS) is 33.7. The number of carbonyl (C=O) groups is 2. The second-order valence-corrected chi connectivity index (χ2v) is 9.77. The van der Waals surface area contributed by atoms with Gasteiger partial charge in [-0.3, -0.25) is 9.59 Å². The minimum Gasteiger partial charge on any atom is -0.394 e. The number of benzene rings is 1. The third-order valence-electron chi connectivity index (χ3n) is 6.62. The minimum absolute atomic E-state index is 0.00979. The summed E-state index contributed by atoms with van der Waals surface area (Å²) in [5.41, 5.74) is 0.856. The van der Waals surface area contributed by atoms with Crippen molar-refractivity contribution in [3.05, 3.63) is 35.9 Å². The number of rotatable bonds is 14. The van der Waals surface area contributed by atoms with E-state index in [4.69, 9.17) is 23.7 Å². The van der Waals surface area contributed by atoms with Crippen LogP contribution >= 0.6 is 0 Å². The maximum absolute atomic E-state index is 12.3. The highest BCUT2D eigenvalue weighted by Crippen LogP contribution is 2.30. The summed E-state index contributed by atoms with van der Waals surface area (Å²) in [7, 11) is 0. The van der Waals surface area contributed by atoms with Crippen LogP contribution in [0.4, 0.5) is 4.39 Å². The number of halogens is 1. The first-order valence-electron chi connectivity index (χ1n) is 13.3. The Balaban J connectivity index is 1.76. The molecular formula is C26H39FN2O12. The Kier molecular flexibility index (Phi) is 13.2. The molecule has 0 radical (unpaired) electrons. The van der Waals surface area contributed by atoms with Crippen LogP contribution < -0.4 is 10.6 Å². The van der Waals surface area contributed by atoms with Crippen molar-refractivity contribution in [3.63, 3.8) is 0 Å². The summed E-state index contributed by atoms with van der Waals surface area (Å²) in [5.74, 6) is -1.29. The third-order valence-corrected chi connectivity index (χ3v) is 6.62. The van der Waals surface area contributed by atoms with Crippen molar-refractivity contribution in [1.82, 2.24) is 10.6 Å². The highest BCUT2D eigenvalue weighted by molar-refractivity contribution is 5.76. The van der Waals surface area contributed by atoms with Gasteiger partial charge in [-0.2, -0.15) is 0 Å². The molecule has 10 atom stereocenters. The van der Waals surface area contributed by atoms with Gasteiger partial charge >= 0.3 is 0 Å². The molecule has 15 heteroatoms. The van der Waals surface area contributed by atoms with Gasteiger partial charge in [0.15, 0.2) is 19.3 Å². The van der Waals surface area contributed by atoms with Crippen molar-refractivity contribution in [2.24, 2.45) is 0 Å². The highest BCUT2D eigenvalue weighted by atomic mass is 19.1. The molecule has 2 amide bonds. The van der Waals surface area contributed by atoms with Crippen LogP contribution in [-0.4, -0.2) is 132 Å². The van der Waals surface area contributed by atoms with E-state index in [2.05, 4.69) is 10.6 Å². The maximum atomic E-state index is 12.3. The average molecular weight is 591 g/mol. The SMILES string of the molecule is CC(=O)N[C@H]1[C@H](OCCCNC(=O)CF)O[C@H](COCc2ccccc2)[C@@H](O[C@H]2O[C@H](CO)[C@H](O)[C@H](O)[C@H]2O)[C@@H]1O. The molecule has 2 aliphatic rings. The fourth-order valence-electron chi connectivity index (χ4n) is 4.50. The molecule has 0 bridgehead atoms. The van der Waals surface area contributed by atoms with Crippen LogP contribution in [0.15, 0.2) is 30.3 Å². The van der Waals surface area contributed by atoms with Crippen molar-refractivity contribution in [2.75, 3.05) is 33.0 Å². The molecule has 2 fully saturated rings. The van der Waals surface area contributed by atoms with E-state index in [1.54, 1.807) is 0 Å². The molecule has 3 rings (SSSR count). The number of aliphatic hydroxyl groups is 5. The molecule has 14 nitrogen and oxygen atoms in total. The van der Waals surface area contributed by atoms with Gasteiger partial charge in [-0.1, -0.05) is 30.3 Å². The molecule has 0 unspecified atom stereocenters. The fourth-order valence-corrected chi connectivity index (χ4v) is 4.50. The summed E-state index contributed by atoms with van der Waals surface area (Å²) >= 11 is 0. The zero-order valence-electron chi connectivity index (χ0n) is 22.6. The van der Waals surface area contributed by atoms with Gasteiger partial charge in [-0.05, 0) is 12.0 Å². The number of carbonyl (C=O) groups excluding carboxylic acids is 2. The third kappa shape index (κ3) is 9.34. The zero-order chi connectivity index (χ0) is 29.9. The maximum Gasteiger partial charge on any atom is 0.251 e. The number of hydrogen-bond donors (Lipinski definition) is 7. The van der Waals surface area contributed by atoms with Gasteiger partial charge in [0.05, 0.1) is 26.4 Å². The first kappa shape index (κ1) is 33.2. The van der Waals surface area contributed by atoms with E-state index in [0.717, 1.165) is 5.56 Å². The molecule has 1 aromatic rings. The van der Waals surface area contributed by atoms with Crippen molar-refractivity contribution in [3.8, 4) is 0 Å². The quantitative estimate of drug-likeness (QED) is 0.112. The molecular weight excluding hydrogens is 551 g/mol. The highest BCUT2D eigenvalue weighted by Gasteiger charge is 2.51. The number of hydrogen-bond acceptors (Lipinski definition) is 12. The Morgan fingerprint density at radius 3 is 2.34 bits per heavy atom. The lowest BCUT2D eigenvalue weighted by Gasteiger charge is -2.47. The van der Waals surface area contributed by atoms with Gasteiger partial charge in [0.2, 0.25) is 5.91 Å².